The molecule has 1 aliphatic heterocycles. The van der Waals surface area contributed by atoms with Gasteiger partial charge in [-0.1, -0.05) is 6.07 Å². The van der Waals surface area contributed by atoms with E-state index in [9.17, 15) is 4.79 Å². The van der Waals surface area contributed by atoms with Crippen LogP contribution >= 0.6 is 12.4 Å². The molecule has 1 aromatic carbocycles. The summed E-state index contributed by atoms with van der Waals surface area (Å²) in [4.78, 5) is 12.2. The van der Waals surface area contributed by atoms with Crippen molar-refractivity contribution in [1.29, 1.82) is 0 Å². The number of anilines is 1. The van der Waals surface area contributed by atoms with Crippen LogP contribution in [0.4, 0.5) is 5.69 Å². The lowest BCUT2D eigenvalue weighted by Crippen LogP contribution is -2.53. The first-order valence-electron chi connectivity index (χ1n) is 6.59. The molecule has 112 valence electrons. The molecule has 0 aromatic heterocycles. The Kier molecular flexibility index (Phi) is 6.78. The predicted molar refractivity (Wildman–Crippen MR) is 80.7 cm³/mol. The van der Waals surface area contributed by atoms with Crippen molar-refractivity contribution in [3.63, 3.8) is 0 Å². The number of hydrogen-bond acceptors (Lipinski definition) is 4. The lowest BCUT2D eigenvalue weighted by atomic mass is 10.1. The largest absolute Gasteiger partial charge is 0.494 e. The summed E-state index contributed by atoms with van der Waals surface area (Å²) in [5.41, 5.74) is 0.732. The number of morpholine rings is 1. The van der Waals surface area contributed by atoms with Crippen molar-refractivity contribution in [2.75, 3.05) is 25.1 Å². The zero-order valence-electron chi connectivity index (χ0n) is 11.7. The normalized spacial score (nSPS) is 21.7. The molecule has 2 atom stereocenters. The molecule has 1 heterocycles. The molecule has 0 unspecified atom stereocenters. The van der Waals surface area contributed by atoms with Crippen molar-refractivity contribution < 1.29 is 14.3 Å². The van der Waals surface area contributed by atoms with Gasteiger partial charge in [-0.05, 0) is 26.0 Å². The van der Waals surface area contributed by atoms with Crippen LogP contribution in [0, 0.1) is 0 Å². The minimum Gasteiger partial charge on any atom is -0.494 e. The number of benzene rings is 1. The van der Waals surface area contributed by atoms with Crippen molar-refractivity contribution in [3.8, 4) is 5.75 Å². The van der Waals surface area contributed by atoms with Crippen molar-refractivity contribution in [1.82, 2.24) is 5.32 Å². The van der Waals surface area contributed by atoms with E-state index in [4.69, 9.17) is 9.47 Å². The van der Waals surface area contributed by atoms with Gasteiger partial charge in [0, 0.05) is 18.3 Å². The second-order valence-electron chi connectivity index (χ2n) is 4.46. The molecule has 0 spiro atoms. The number of rotatable bonds is 4. The zero-order chi connectivity index (χ0) is 13.7. The molecule has 1 aromatic rings. The van der Waals surface area contributed by atoms with Gasteiger partial charge in [-0.3, -0.25) is 4.79 Å². The van der Waals surface area contributed by atoms with Gasteiger partial charge in [0.15, 0.2) is 0 Å². The molecule has 0 radical (unpaired) electrons. The van der Waals surface area contributed by atoms with E-state index in [2.05, 4.69) is 10.6 Å². The van der Waals surface area contributed by atoms with Crippen molar-refractivity contribution in [3.05, 3.63) is 24.3 Å². The maximum absolute atomic E-state index is 12.2. The van der Waals surface area contributed by atoms with Gasteiger partial charge < -0.3 is 20.1 Å². The fourth-order valence-electron chi connectivity index (χ4n) is 2.08. The third-order valence-corrected chi connectivity index (χ3v) is 3.01. The number of nitrogens with one attached hydrogen (secondary N) is 2. The van der Waals surface area contributed by atoms with Gasteiger partial charge in [-0.25, -0.2) is 0 Å². The molecule has 0 saturated carbocycles. The Balaban J connectivity index is 0.00000200. The third kappa shape index (κ3) is 4.37. The summed E-state index contributed by atoms with van der Waals surface area (Å²) in [6.45, 7) is 5.77. The van der Waals surface area contributed by atoms with Crippen LogP contribution in [-0.4, -0.2) is 37.8 Å². The lowest BCUT2D eigenvalue weighted by Gasteiger charge is -2.29. The summed E-state index contributed by atoms with van der Waals surface area (Å²) in [6.07, 6.45) is -0.121. The average Bonchev–Trinajstić information content (AvgIpc) is 2.40. The summed E-state index contributed by atoms with van der Waals surface area (Å²) >= 11 is 0. The molecule has 0 bridgehead atoms. The fourth-order valence-corrected chi connectivity index (χ4v) is 2.08. The van der Waals surface area contributed by atoms with E-state index in [0.29, 0.717) is 19.8 Å². The maximum atomic E-state index is 12.2. The molecule has 1 aliphatic rings. The summed E-state index contributed by atoms with van der Waals surface area (Å²) in [6, 6.07) is 7.06. The molecule has 20 heavy (non-hydrogen) atoms. The van der Waals surface area contributed by atoms with Gasteiger partial charge in [0.05, 0.1) is 19.3 Å². The van der Waals surface area contributed by atoms with Crippen molar-refractivity contribution in [2.45, 2.75) is 26.0 Å². The Morgan fingerprint density at radius 3 is 3.05 bits per heavy atom. The van der Waals surface area contributed by atoms with Crippen LogP contribution in [0.15, 0.2) is 24.3 Å². The van der Waals surface area contributed by atoms with Gasteiger partial charge >= 0.3 is 0 Å². The first-order valence-corrected chi connectivity index (χ1v) is 6.59. The Labute approximate surface area is 125 Å². The van der Waals surface area contributed by atoms with E-state index >= 15 is 0 Å². The van der Waals surface area contributed by atoms with E-state index < -0.39 is 0 Å². The zero-order valence-corrected chi connectivity index (χ0v) is 12.5. The predicted octanol–water partition coefficient (Wildman–Crippen LogP) is 1.82. The van der Waals surface area contributed by atoms with Gasteiger partial charge in [0.1, 0.15) is 11.8 Å². The highest BCUT2D eigenvalue weighted by Gasteiger charge is 2.28. The fraction of sp³-hybridized carbons (Fsp3) is 0.500. The van der Waals surface area contributed by atoms with Crippen LogP contribution < -0.4 is 15.4 Å². The second-order valence-corrected chi connectivity index (χ2v) is 4.46. The highest BCUT2D eigenvalue weighted by molar-refractivity contribution is 5.95. The van der Waals surface area contributed by atoms with Gasteiger partial charge in [-0.2, -0.15) is 0 Å². The third-order valence-electron chi connectivity index (χ3n) is 3.01. The van der Waals surface area contributed by atoms with E-state index in [1.165, 1.54) is 0 Å². The quantitative estimate of drug-likeness (QED) is 0.890. The van der Waals surface area contributed by atoms with Crippen LogP contribution in [0.3, 0.4) is 0 Å². The molecule has 2 rings (SSSR count). The molecular formula is C14H21ClN2O3. The number of carbonyl (C=O) groups is 1. The summed E-state index contributed by atoms with van der Waals surface area (Å²) in [7, 11) is 0. The van der Waals surface area contributed by atoms with Crippen LogP contribution in [0.1, 0.15) is 13.8 Å². The van der Waals surface area contributed by atoms with E-state index in [1.54, 1.807) is 0 Å². The summed E-state index contributed by atoms with van der Waals surface area (Å²) in [5, 5.41) is 6.04. The average molecular weight is 301 g/mol. The molecule has 5 nitrogen and oxygen atoms in total. The molecule has 2 N–H and O–H groups in total. The van der Waals surface area contributed by atoms with Crippen molar-refractivity contribution >= 4 is 24.0 Å². The number of halogens is 1. The number of carbonyl (C=O) groups excluding carboxylic acids is 1. The molecular weight excluding hydrogens is 280 g/mol. The standard InChI is InChI=1S/C14H20N2O3.ClH/c1-3-18-12-6-4-5-11(9-12)16-14(17)13-10(2)19-8-7-15-13;/h4-6,9-10,13,15H,3,7-8H2,1-2H3,(H,16,17);1H/t10-,13+;/m1./s1. The number of ether oxygens (including phenoxy) is 2. The van der Waals surface area contributed by atoms with Crippen molar-refractivity contribution in [2.24, 2.45) is 0 Å². The van der Waals surface area contributed by atoms with Gasteiger partial charge in [0.2, 0.25) is 5.91 Å². The molecule has 1 saturated heterocycles. The monoisotopic (exact) mass is 300 g/mol. The van der Waals surface area contributed by atoms with Gasteiger partial charge in [0.25, 0.3) is 0 Å². The molecule has 0 aliphatic carbocycles. The first-order chi connectivity index (χ1) is 9.20. The minimum absolute atomic E-state index is 0. The van der Waals surface area contributed by atoms with Crippen LogP contribution in [0.25, 0.3) is 0 Å². The maximum Gasteiger partial charge on any atom is 0.244 e. The minimum atomic E-state index is -0.315. The first kappa shape index (κ1) is 16.8. The number of amides is 1. The molecule has 6 heteroatoms. The highest BCUT2D eigenvalue weighted by atomic mass is 35.5. The smallest absolute Gasteiger partial charge is 0.244 e. The Morgan fingerprint density at radius 2 is 2.35 bits per heavy atom. The van der Waals surface area contributed by atoms with Crippen LogP contribution in [-0.2, 0) is 9.53 Å². The molecule has 1 amide bonds. The van der Waals surface area contributed by atoms with E-state index in [-0.39, 0.29) is 30.5 Å². The number of hydrogen-bond donors (Lipinski definition) is 2. The van der Waals surface area contributed by atoms with Crippen LogP contribution in [0.5, 0.6) is 5.75 Å². The topological polar surface area (TPSA) is 59.6 Å². The Hall–Kier alpha value is -1.30. The molecule has 1 fully saturated rings. The van der Waals surface area contributed by atoms with Gasteiger partial charge in [-0.15, -0.1) is 12.4 Å². The highest BCUT2D eigenvalue weighted by Crippen LogP contribution is 2.18. The SMILES string of the molecule is CCOc1cccc(NC(=O)[C@H]2NCCO[C@@H]2C)c1.Cl. The van der Waals surface area contributed by atoms with Crippen LogP contribution in [0.2, 0.25) is 0 Å². The Bertz CT molecular complexity index is 442. The summed E-state index contributed by atoms with van der Waals surface area (Å²) in [5.74, 6) is 0.669. The van der Waals surface area contributed by atoms with E-state index in [0.717, 1.165) is 11.4 Å². The Morgan fingerprint density at radius 1 is 1.55 bits per heavy atom. The summed E-state index contributed by atoms with van der Waals surface area (Å²) < 4.78 is 10.9. The van der Waals surface area contributed by atoms with E-state index in [1.807, 2.05) is 38.1 Å². The lowest BCUT2D eigenvalue weighted by molar-refractivity contribution is -0.123. The second kappa shape index (κ2) is 8.09.